The summed E-state index contributed by atoms with van der Waals surface area (Å²) in [7, 11) is 0. The number of rotatable bonds is 4. The van der Waals surface area contributed by atoms with E-state index in [1.807, 2.05) is 0 Å². The summed E-state index contributed by atoms with van der Waals surface area (Å²) in [6.07, 6.45) is 0.950. The lowest BCUT2D eigenvalue weighted by molar-refractivity contribution is 0.0931. The molecule has 2 nitrogen and oxygen atoms in total. The summed E-state index contributed by atoms with van der Waals surface area (Å²) in [4.78, 5) is 11.9. The maximum atomic E-state index is 13.5. The van der Waals surface area contributed by atoms with Gasteiger partial charge in [-0.3, -0.25) is 4.79 Å². The Balaban J connectivity index is 2.78. The summed E-state index contributed by atoms with van der Waals surface area (Å²) >= 11 is 3.18. The van der Waals surface area contributed by atoms with Gasteiger partial charge in [-0.1, -0.05) is 26.8 Å². The van der Waals surface area contributed by atoms with E-state index in [0.717, 1.165) is 6.42 Å². The molecule has 0 aliphatic rings. The van der Waals surface area contributed by atoms with Crippen molar-refractivity contribution in [1.82, 2.24) is 5.32 Å². The van der Waals surface area contributed by atoms with E-state index in [1.54, 1.807) is 12.1 Å². The number of hydrogen-bond donors (Lipinski definition) is 1. The van der Waals surface area contributed by atoms with Crippen molar-refractivity contribution in [1.29, 1.82) is 0 Å². The highest BCUT2D eigenvalue weighted by Gasteiger charge is 2.19. The second-order valence-electron chi connectivity index (χ2n) is 4.80. The van der Waals surface area contributed by atoms with Crippen LogP contribution in [0.15, 0.2) is 22.7 Å². The standard InChI is InChI=1S/C13H17BrFNO/c1-4-13(2,3)8-16-12(17)11-9(14)6-5-7-10(11)15/h5-7H,4,8H2,1-3H3,(H,16,17). The van der Waals surface area contributed by atoms with E-state index in [1.165, 1.54) is 6.07 Å². The highest BCUT2D eigenvalue weighted by Crippen LogP contribution is 2.21. The van der Waals surface area contributed by atoms with E-state index < -0.39 is 5.82 Å². The van der Waals surface area contributed by atoms with Gasteiger partial charge in [-0.25, -0.2) is 4.39 Å². The highest BCUT2D eigenvalue weighted by molar-refractivity contribution is 9.10. The van der Waals surface area contributed by atoms with Crippen molar-refractivity contribution < 1.29 is 9.18 Å². The molecule has 0 heterocycles. The van der Waals surface area contributed by atoms with Crippen LogP contribution in [0.2, 0.25) is 0 Å². The van der Waals surface area contributed by atoms with E-state index in [-0.39, 0.29) is 16.9 Å². The van der Waals surface area contributed by atoms with Crippen molar-refractivity contribution in [2.75, 3.05) is 6.54 Å². The maximum absolute atomic E-state index is 13.5. The van der Waals surface area contributed by atoms with Gasteiger partial charge in [0.05, 0.1) is 5.56 Å². The lowest BCUT2D eigenvalue weighted by Crippen LogP contribution is -2.34. The van der Waals surface area contributed by atoms with Gasteiger partial charge in [0.1, 0.15) is 5.82 Å². The zero-order valence-electron chi connectivity index (χ0n) is 10.3. The second kappa shape index (κ2) is 5.63. The first kappa shape index (κ1) is 14.2. The summed E-state index contributed by atoms with van der Waals surface area (Å²) in [5, 5.41) is 2.76. The number of carbonyl (C=O) groups is 1. The summed E-state index contributed by atoms with van der Waals surface area (Å²) < 4.78 is 14.0. The Labute approximate surface area is 110 Å². The smallest absolute Gasteiger partial charge is 0.255 e. The Bertz CT molecular complexity index is 398. The predicted molar refractivity (Wildman–Crippen MR) is 70.5 cm³/mol. The third-order valence-corrected chi connectivity index (χ3v) is 3.54. The molecule has 1 aromatic rings. The average molecular weight is 302 g/mol. The molecule has 0 unspecified atom stereocenters. The van der Waals surface area contributed by atoms with Gasteiger partial charge < -0.3 is 5.32 Å². The highest BCUT2D eigenvalue weighted by atomic mass is 79.9. The van der Waals surface area contributed by atoms with E-state index in [4.69, 9.17) is 0 Å². The summed E-state index contributed by atoms with van der Waals surface area (Å²) in [5.41, 5.74) is 0.0901. The van der Waals surface area contributed by atoms with Crippen LogP contribution < -0.4 is 5.32 Å². The Hall–Kier alpha value is -0.900. The van der Waals surface area contributed by atoms with Crippen LogP contribution in [0.1, 0.15) is 37.6 Å². The van der Waals surface area contributed by atoms with Crippen LogP contribution in [0.4, 0.5) is 4.39 Å². The van der Waals surface area contributed by atoms with E-state index in [0.29, 0.717) is 11.0 Å². The maximum Gasteiger partial charge on any atom is 0.255 e. The molecule has 0 aromatic heterocycles. The summed E-state index contributed by atoms with van der Waals surface area (Å²) in [6, 6.07) is 4.50. The quantitative estimate of drug-likeness (QED) is 0.901. The zero-order chi connectivity index (χ0) is 13.1. The van der Waals surface area contributed by atoms with Crippen LogP contribution in [0, 0.1) is 11.2 Å². The van der Waals surface area contributed by atoms with Gasteiger partial charge in [0.2, 0.25) is 0 Å². The van der Waals surface area contributed by atoms with Gasteiger partial charge >= 0.3 is 0 Å². The Morgan fingerprint density at radius 3 is 2.65 bits per heavy atom. The number of hydrogen-bond acceptors (Lipinski definition) is 1. The molecule has 1 N–H and O–H groups in total. The molecule has 0 aliphatic heterocycles. The third-order valence-electron chi connectivity index (χ3n) is 2.87. The molecule has 1 amide bonds. The Morgan fingerprint density at radius 1 is 1.47 bits per heavy atom. The number of nitrogens with one attached hydrogen (secondary N) is 1. The Kier molecular flexibility index (Phi) is 4.69. The molecule has 1 rings (SSSR count). The lowest BCUT2D eigenvalue weighted by Gasteiger charge is -2.23. The molecular formula is C13H17BrFNO. The molecule has 17 heavy (non-hydrogen) atoms. The van der Waals surface area contributed by atoms with Gasteiger partial charge in [-0.05, 0) is 39.9 Å². The molecule has 0 saturated heterocycles. The minimum atomic E-state index is -0.508. The number of halogens is 2. The molecule has 94 valence electrons. The molecular weight excluding hydrogens is 285 g/mol. The van der Waals surface area contributed by atoms with Crippen molar-refractivity contribution in [3.05, 3.63) is 34.1 Å². The zero-order valence-corrected chi connectivity index (χ0v) is 11.9. The molecule has 0 atom stereocenters. The summed E-state index contributed by atoms with van der Waals surface area (Å²) in [5.74, 6) is -0.886. The molecule has 0 fully saturated rings. The first-order valence-corrected chi connectivity index (χ1v) is 6.39. The Morgan fingerprint density at radius 2 is 2.12 bits per heavy atom. The molecule has 0 bridgehead atoms. The van der Waals surface area contributed by atoms with Crippen LogP contribution in [-0.2, 0) is 0 Å². The van der Waals surface area contributed by atoms with Crippen LogP contribution in [0.25, 0.3) is 0 Å². The van der Waals surface area contributed by atoms with Crippen LogP contribution >= 0.6 is 15.9 Å². The van der Waals surface area contributed by atoms with Gasteiger partial charge in [0.25, 0.3) is 5.91 Å². The number of carbonyl (C=O) groups excluding carboxylic acids is 1. The first-order valence-electron chi connectivity index (χ1n) is 5.59. The monoisotopic (exact) mass is 301 g/mol. The first-order chi connectivity index (χ1) is 7.87. The largest absolute Gasteiger partial charge is 0.351 e. The van der Waals surface area contributed by atoms with E-state index in [2.05, 4.69) is 42.0 Å². The molecule has 0 saturated carbocycles. The van der Waals surface area contributed by atoms with Crippen LogP contribution in [-0.4, -0.2) is 12.5 Å². The predicted octanol–water partition coefficient (Wildman–Crippen LogP) is 3.75. The normalized spacial score (nSPS) is 11.4. The van der Waals surface area contributed by atoms with Crippen molar-refractivity contribution in [3.8, 4) is 0 Å². The lowest BCUT2D eigenvalue weighted by atomic mass is 9.90. The fourth-order valence-electron chi connectivity index (χ4n) is 1.25. The van der Waals surface area contributed by atoms with Crippen molar-refractivity contribution in [3.63, 3.8) is 0 Å². The molecule has 1 aromatic carbocycles. The van der Waals surface area contributed by atoms with Gasteiger partial charge in [-0.2, -0.15) is 0 Å². The van der Waals surface area contributed by atoms with Crippen LogP contribution in [0.5, 0.6) is 0 Å². The molecule has 0 spiro atoms. The SMILES string of the molecule is CCC(C)(C)CNC(=O)c1c(F)cccc1Br. The van der Waals surface area contributed by atoms with Gasteiger partial charge in [0, 0.05) is 11.0 Å². The third kappa shape index (κ3) is 3.80. The number of benzene rings is 1. The fourth-order valence-corrected chi connectivity index (χ4v) is 1.77. The molecule has 4 heteroatoms. The second-order valence-corrected chi connectivity index (χ2v) is 5.65. The van der Waals surface area contributed by atoms with Crippen molar-refractivity contribution in [2.45, 2.75) is 27.2 Å². The minimum absolute atomic E-state index is 0.0212. The summed E-state index contributed by atoms with van der Waals surface area (Å²) in [6.45, 7) is 6.71. The fraction of sp³-hybridized carbons (Fsp3) is 0.462. The van der Waals surface area contributed by atoms with E-state index in [9.17, 15) is 9.18 Å². The van der Waals surface area contributed by atoms with Gasteiger partial charge in [-0.15, -0.1) is 0 Å². The van der Waals surface area contributed by atoms with Crippen molar-refractivity contribution >= 4 is 21.8 Å². The average Bonchev–Trinajstić information content (AvgIpc) is 2.26. The van der Waals surface area contributed by atoms with Gasteiger partial charge in [0.15, 0.2) is 0 Å². The molecule has 0 aliphatic carbocycles. The molecule has 0 radical (unpaired) electrons. The topological polar surface area (TPSA) is 29.1 Å². The van der Waals surface area contributed by atoms with Crippen LogP contribution in [0.3, 0.4) is 0 Å². The van der Waals surface area contributed by atoms with Crippen molar-refractivity contribution in [2.24, 2.45) is 5.41 Å². The number of amides is 1. The minimum Gasteiger partial charge on any atom is -0.351 e. The van der Waals surface area contributed by atoms with E-state index >= 15 is 0 Å².